The van der Waals surface area contributed by atoms with Crippen LogP contribution in [0.2, 0.25) is 0 Å². The summed E-state index contributed by atoms with van der Waals surface area (Å²) in [5, 5.41) is 9.90. The van der Waals surface area contributed by atoms with Gasteiger partial charge in [-0.1, -0.05) is 388 Å². The molecule has 111 heavy (non-hydrogen) atoms. The van der Waals surface area contributed by atoms with Gasteiger partial charge in [-0.2, -0.15) is 0 Å². The van der Waals surface area contributed by atoms with Crippen LogP contribution >= 0.6 is 0 Å². The van der Waals surface area contributed by atoms with Crippen LogP contribution in [0.3, 0.4) is 0 Å². The van der Waals surface area contributed by atoms with Crippen LogP contribution in [0.4, 0.5) is 17.1 Å². The zero-order chi connectivity index (χ0) is 79.2. The molecule has 1 aliphatic rings. The van der Waals surface area contributed by atoms with Crippen molar-refractivity contribution >= 4 is 34.4 Å². The molecule has 0 unspecified atom stereocenters. The van der Waals surface area contributed by atoms with Crippen LogP contribution in [0, 0.1) is 0 Å². The van der Waals surface area contributed by atoms with Gasteiger partial charge in [0, 0.05) is 53.9 Å². The number of ketones is 3. The van der Waals surface area contributed by atoms with E-state index in [1.54, 1.807) is 0 Å². The first-order valence-electron chi connectivity index (χ1n) is 47.0. The number of Topliss-reactive ketones (excluding diaryl/α,β-unsaturated/α-hetero) is 3. The number of carbonyl (C=O) groups excluding carboxylic acids is 3. The molecule has 0 atom stereocenters. The van der Waals surface area contributed by atoms with E-state index in [0.717, 1.165) is 77.0 Å². The van der Waals surface area contributed by atoms with Crippen LogP contribution in [0.15, 0.2) is 89.9 Å². The lowest BCUT2D eigenvalue weighted by atomic mass is 9.84. The minimum atomic E-state index is -0.698. The highest BCUT2D eigenvalue weighted by Crippen LogP contribution is 2.36. The molecule has 3 N–H and O–H groups in total. The van der Waals surface area contributed by atoms with E-state index in [2.05, 4.69) is 57.5 Å². The number of hydrogen-bond donors (Lipinski definition) is 3. The first kappa shape index (κ1) is 97.5. The second-order valence-electron chi connectivity index (χ2n) is 32.3. The van der Waals surface area contributed by atoms with Gasteiger partial charge in [0.2, 0.25) is 17.3 Å². The third-order valence-corrected chi connectivity index (χ3v) is 22.0. The molecule has 0 amide bonds. The summed E-state index contributed by atoms with van der Waals surface area (Å²) in [6, 6.07) is 17.1. The standard InChI is InChI=1S/C99H165N3O9/c1-7-13-19-25-31-37-43-49-55-61-73-106-91-70-67-85(79-94(91)109-76-64-58-52-46-40-34-28-22-16-10-4)100-82-88-97(103)89(83-101-86-68-71-92(107-74-62-56-50-44-38-32-26-20-14-8-2)95(80-86)110-77-65-59-53-47-41-35-29-23-17-11-5)99(105)90(98(88)104)84-102-87-69-72-93(108-75-63-57-51-45-39-33-27-21-15-9-3)96(81-87)111-78-66-60-54-48-42-36-30-24-18-12-6/h67-72,79-84,100-102H,7-66,73-78H2,1-6H3. The van der Waals surface area contributed by atoms with Gasteiger partial charge in [0.25, 0.3) is 0 Å². The van der Waals surface area contributed by atoms with Gasteiger partial charge in [0.15, 0.2) is 34.5 Å². The zero-order valence-corrected chi connectivity index (χ0v) is 72.3. The van der Waals surface area contributed by atoms with Gasteiger partial charge < -0.3 is 44.4 Å². The van der Waals surface area contributed by atoms with E-state index in [1.165, 1.54) is 327 Å². The molecule has 12 heteroatoms. The lowest BCUT2D eigenvalue weighted by molar-refractivity contribution is -0.124. The van der Waals surface area contributed by atoms with E-state index in [0.29, 0.717) is 91.2 Å². The minimum absolute atomic E-state index is 0.183. The Hall–Kier alpha value is -5.91. The van der Waals surface area contributed by atoms with Crippen molar-refractivity contribution in [3.05, 3.63) is 89.9 Å². The summed E-state index contributed by atoms with van der Waals surface area (Å²) in [7, 11) is 0. The summed E-state index contributed by atoms with van der Waals surface area (Å²) in [5.74, 6) is 1.73. The van der Waals surface area contributed by atoms with Gasteiger partial charge in [-0.05, 0) is 74.9 Å². The predicted molar refractivity (Wildman–Crippen MR) is 473 cm³/mol. The van der Waals surface area contributed by atoms with Crippen molar-refractivity contribution in [1.82, 2.24) is 0 Å². The van der Waals surface area contributed by atoms with Crippen molar-refractivity contribution in [2.24, 2.45) is 0 Å². The second kappa shape index (κ2) is 69.6. The Bertz CT molecular complexity index is 2550. The molecular formula is C99H165N3O9. The number of rotatable bonds is 78. The van der Waals surface area contributed by atoms with Crippen molar-refractivity contribution in [2.45, 2.75) is 427 Å². The fourth-order valence-electron chi connectivity index (χ4n) is 14.7. The molecule has 0 bridgehead atoms. The molecule has 3 aromatic carbocycles. The molecule has 1 saturated carbocycles. The average molecular weight is 1540 g/mol. The Balaban J connectivity index is 1.66. The van der Waals surface area contributed by atoms with Crippen LogP contribution in [-0.2, 0) is 14.4 Å². The normalized spacial score (nSPS) is 12.3. The molecule has 0 aromatic heterocycles. The molecule has 0 saturated heterocycles. The zero-order valence-electron chi connectivity index (χ0n) is 72.3. The number of nitrogens with one attached hydrogen (secondary N) is 3. The Morgan fingerprint density at radius 2 is 0.342 bits per heavy atom. The third-order valence-electron chi connectivity index (χ3n) is 22.0. The molecule has 12 nitrogen and oxygen atoms in total. The number of carbonyl (C=O) groups is 3. The van der Waals surface area contributed by atoms with Crippen molar-refractivity contribution in [3.63, 3.8) is 0 Å². The van der Waals surface area contributed by atoms with Gasteiger partial charge in [-0.3, -0.25) is 14.4 Å². The fourth-order valence-corrected chi connectivity index (χ4v) is 14.7. The SMILES string of the molecule is CCCCCCCCCCCCOc1ccc(NC=C2C(=O)C(=CNc3ccc(OCCCCCCCCCCCC)c(OCCCCCCCCCCCC)c3)C(=O)C(=CNc3ccc(OCCCCCCCCCCCC)c(OCCCCCCCCCCCC)c3)C2=O)cc1OCCCCCCCCCCCC. The van der Waals surface area contributed by atoms with E-state index in [1.807, 2.05) is 54.6 Å². The van der Waals surface area contributed by atoms with Crippen LogP contribution < -0.4 is 44.4 Å². The first-order valence-corrected chi connectivity index (χ1v) is 47.0. The number of ether oxygens (including phenoxy) is 6. The molecule has 0 radical (unpaired) electrons. The van der Waals surface area contributed by atoms with E-state index >= 15 is 0 Å². The molecule has 4 rings (SSSR count). The Kier molecular flexibility index (Phi) is 61.1. The lowest BCUT2D eigenvalue weighted by Crippen LogP contribution is -2.33. The molecule has 3 aromatic rings. The smallest absolute Gasteiger partial charge is 0.203 e. The average Bonchev–Trinajstić information content (AvgIpc) is 0.723. The molecule has 630 valence electrons. The molecule has 0 spiro atoms. The lowest BCUT2D eigenvalue weighted by Gasteiger charge is -2.19. The second-order valence-corrected chi connectivity index (χ2v) is 32.3. The topological polar surface area (TPSA) is 143 Å². The third kappa shape index (κ3) is 48.2. The van der Waals surface area contributed by atoms with Crippen molar-refractivity contribution in [3.8, 4) is 34.5 Å². The Labute approximate surface area is 680 Å². The van der Waals surface area contributed by atoms with Gasteiger partial charge >= 0.3 is 0 Å². The molecule has 0 heterocycles. The van der Waals surface area contributed by atoms with E-state index < -0.39 is 17.3 Å². The largest absolute Gasteiger partial charge is 0.490 e. The summed E-state index contributed by atoms with van der Waals surface area (Å²) in [6.07, 6.45) is 78.5. The summed E-state index contributed by atoms with van der Waals surface area (Å²) in [4.78, 5) is 45.0. The highest BCUT2D eigenvalue weighted by molar-refractivity contribution is 6.51. The summed E-state index contributed by atoms with van der Waals surface area (Å²) in [6.45, 7) is 17.0. The fraction of sp³-hybridized carbons (Fsp3) is 0.727. The quantitative estimate of drug-likeness (QED) is 0.0281. The number of unbranched alkanes of at least 4 members (excludes halogenated alkanes) is 54. The van der Waals surface area contributed by atoms with E-state index in [4.69, 9.17) is 28.4 Å². The van der Waals surface area contributed by atoms with Gasteiger partial charge in [-0.15, -0.1) is 0 Å². The van der Waals surface area contributed by atoms with Crippen LogP contribution in [-0.4, -0.2) is 57.0 Å². The molecular weight excluding hydrogens is 1380 g/mol. The minimum Gasteiger partial charge on any atom is -0.490 e. The highest BCUT2D eigenvalue weighted by Gasteiger charge is 2.39. The number of benzene rings is 3. The van der Waals surface area contributed by atoms with E-state index in [-0.39, 0.29) is 16.7 Å². The first-order chi connectivity index (χ1) is 54.8. The molecule has 1 aliphatic carbocycles. The van der Waals surface area contributed by atoms with Crippen LogP contribution in [0.1, 0.15) is 427 Å². The summed E-state index contributed by atoms with van der Waals surface area (Å²) in [5.41, 5.74) is 1.28. The van der Waals surface area contributed by atoms with Gasteiger partial charge in [0.05, 0.1) is 56.4 Å². The number of hydrogen-bond acceptors (Lipinski definition) is 12. The molecule has 1 fully saturated rings. The van der Waals surface area contributed by atoms with Gasteiger partial charge in [0.1, 0.15) is 0 Å². The number of anilines is 3. The monoisotopic (exact) mass is 1540 g/mol. The van der Waals surface area contributed by atoms with Crippen molar-refractivity contribution in [2.75, 3.05) is 55.6 Å². The predicted octanol–water partition coefficient (Wildman–Crippen LogP) is 30.5. The van der Waals surface area contributed by atoms with Crippen molar-refractivity contribution < 1.29 is 42.8 Å². The Morgan fingerprint density at radius 1 is 0.198 bits per heavy atom. The summed E-state index contributed by atoms with van der Waals surface area (Å²) < 4.78 is 39.0. The van der Waals surface area contributed by atoms with E-state index in [9.17, 15) is 14.4 Å². The maximum atomic E-state index is 15.0. The van der Waals surface area contributed by atoms with Crippen LogP contribution in [0.5, 0.6) is 34.5 Å². The summed E-state index contributed by atoms with van der Waals surface area (Å²) >= 11 is 0. The highest BCUT2D eigenvalue weighted by atomic mass is 16.5. The molecule has 0 aliphatic heterocycles. The van der Waals surface area contributed by atoms with Gasteiger partial charge in [-0.25, -0.2) is 0 Å². The maximum Gasteiger partial charge on any atom is 0.203 e. The Morgan fingerprint density at radius 3 is 0.505 bits per heavy atom. The number of allylic oxidation sites excluding steroid dienone is 3. The maximum absolute atomic E-state index is 15.0. The van der Waals surface area contributed by atoms with Crippen LogP contribution in [0.25, 0.3) is 0 Å². The van der Waals surface area contributed by atoms with Crippen molar-refractivity contribution in [1.29, 1.82) is 0 Å².